The van der Waals surface area contributed by atoms with Crippen LogP contribution in [0.15, 0.2) is 23.1 Å². The minimum atomic E-state index is -4.10. The zero-order chi connectivity index (χ0) is 23.0. The number of fused-ring (bicyclic) bond motifs is 1. The summed E-state index contributed by atoms with van der Waals surface area (Å²) in [5.74, 6) is -1.54. The number of carbonyl (C=O) groups is 3. The van der Waals surface area contributed by atoms with E-state index in [1.807, 2.05) is 12.2 Å². The molecular formula is C19H27N3O8S. The molecule has 1 aromatic rings. The van der Waals surface area contributed by atoms with Crippen LogP contribution in [0.4, 0.5) is 4.79 Å². The molecule has 31 heavy (non-hydrogen) atoms. The number of rotatable bonds is 9. The highest BCUT2D eigenvalue weighted by atomic mass is 32.2. The molecule has 0 aliphatic carbocycles. The van der Waals surface area contributed by atoms with Crippen molar-refractivity contribution in [2.24, 2.45) is 5.92 Å². The number of nitrogens with one attached hydrogen (secondary N) is 3. The largest absolute Gasteiger partial charge is 0.486 e. The Hall–Kier alpha value is -2.86. The maximum absolute atomic E-state index is 12.8. The summed E-state index contributed by atoms with van der Waals surface area (Å²) < 4.78 is 43.5. The molecular weight excluding hydrogens is 430 g/mol. The third-order valence-corrected chi connectivity index (χ3v) is 5.60. The van der Waals surface area contributed by atoms with Gasteiger partial charge in [0, 0.05) is 12.6 Å². The smallest absolute Gasteiger partial charge is 0.324 e. The maximum Gasteiger partial charge on any atom is 0.324 e. The van der Waals surface area contributed by atoms with Gasteiger partial charge in [-0.3, -0.25) is 14.9 Å². The fourth-order valence-electron chi connectivity index (χ4n) is 2.55. The Balaban J connectivity index is 2.00. The summed E-state index contributed by atoms with van der Waals surface area (Å²) in [5.41, 5.74) is 0. The van der Waals surface area contributed by atoms with Gasteiger partial charge in [-0.1, -0.05) is 20.8 Å². The molecule has 1 aliphatic heterocycles. The number of hydrogen-bond acceptors (Lipinski definition) is 8. The van der Waals surface area contributed by atoms with Gasteiger partial charge in [0.2, 0.25) is 10.0 Å². The van der Waals surface area contributed by atoms with Crippen molar-refractivity contribution in [3.05, 3.63) is 18.2 Å². The highest BCUT2D eigenvalue weighted by Gasteiger charge is 2.31. The molecule has 3 amide bonds. The van der Waals surface area contributed by atoms with Gasteiger partial charge in [-0.15, -0.1) is 0 Å². The van der Waals surface area contributed by atoms with E-state index >= 15 is 0 Å². The monoisotopic (exact) mass is 457 g/mol. The quantitative estimate of drug-likeness (QED) is 0.455. The molecule has 1 aliphatic rings. The lowest BCUT2D eigenvalue weighted by Gasteiger charge is -2.22. The molecule has 1 unspecified atom stereocenters. The van der Waals surface area contributed by atoms with Crippen LogP contribution in [0.5, 0.6) is 11.5 Å². The van der Waals surface area contributed by atoms with Gasteiger partial charge in [0.25, 0.3) is 5.91 Å². The van der Waals surface area contributed by atoms with Crippen LogP contribution in [0.25, 0.3) is 0 Å². The molecule has 0 saturated carbocycles. The van der Waals surface area contributed by atoms with Gasteiger partial charge >= 0.3 is 12.0 Å². The van der Waals surface area contributed by atoms with E-state index in [1.165, 1.54) is 18.2 Å². The lowest BCUT2D eigenvalue weighted by molar-refractivity contribution is -0.150. The molecule has 0 spiro atoms. The van der Waals surface area contributed by atoms with Crippen LogP contribution in [0.2, 0.25) is 0 Å². The number of ether oxygens (including phenoxy) is 3. The van der Waals surface area contributed by atoms with E-state index < -0.39 is 46.5 Å². The zero-order valence-electron chi connectivity index (χ0n) is 17.6. The maximum atomic E-state index is 12.8. The normalized spacial score (nSPS) is 13.9. The second-order valence-corrected chi connectivity index (χ2v) is 8.77. The van der Waals surface area contributed by atoms with Crippen LogP contribution in [-0.2, 0) is 24.3 Å². The van der Waals surface area contributed by atoms with Gasteiger partial charge in [-0.25, -0.2) is 13.2 Å². The van der Waals surface area contributed by atoms with Crippen LogP contribution in [0, 0.1) is 5.92 Å². The lowest BCUT2D eigenvalue weighted by Crippen LogP contribution is -2.47. The number of amides is 3. The Labute approximate surface area is 180 Å². The summed E-state index contributed by atoms with van der Waals surface area (Å²) in [7, 11) is -4.10. The van der Waals surface area contributed by atoms with Gasteiger partial charge in [0.05, 0.1) is 4.90 Å². The van der Waals surface area contributed by atoms with E-state index in [4.69, 9.17) is 14.2 Å². The predicted octanol–water partition coefficient (Wildman–Crippen LogP) is 0.540. The fourth-order valence-corrected chi connectivity index (χ4v) is 3.90. The minimum absolute atomic E-state index is 0.111. The van der Waals surface area contributed by atoms with Crippen molar-refractivity contribution in [1.82, 2.24) is 15.4 Å². The van der Waals surface area contributed by atoms with Crippen LogP contribution in [-0.4, -0.2) is 58.7 Å². The third-order valence-electron chi connectivity index (χ3n) is 4.16. The van der Waals surface area contributed by atoms with Crippen LogP contribution in [0.3, 0.4) is 0 Å². The SMILES string of the molecule is CCCNC(=O)NC(=O)COC(=O)C(NS(=O)(=O)c1ccc2c(c1)OCCO2)C(C)C. The summed E-state index contributed by atoms with van der Waals surface area (Å²) in [5, 5.41) is 4.45. The van der Waals surface area contributed by atoms with E-state index in [-0.39, 0.29) is 10.6 Å². The van der Waals surface area contributed by atoms with Crippen molar-refractivity contribution in [2.75, 3.05) is 26.4 Å². The Morgan fingerprint density at radius 1 is 1.13 bits per heavy atom. The predicted molar refractivity (Wildman–Crippen MR) is 109 cm³/mol. The van der Waals surface area contributed by atoms with E-state index in [1.54, 1.807) is 13.8 Å². The number of imide groups is 1. The number of urea groups is 1. The van der Waals surface area contributed by atoms with E-state index in [9.17, 15) is 22.8 Å². The van der Waals surface area contributed by atoms with Crippen LogP contribution >= 0.6 is 0 Å². The van der Waals surface area contributed by atoms with Crippen molar-refractivity contribution in [3.63, 3.8) is 0 Å². The molecule has 0 radical (unpaired) electrons. The Morgan fingerprint density at radius 3 is 2.45 bits per heavy atom. The summed E-state index contributed by atoms with van der Waals surface area (Å²) in [6, 6.07) is 2.16. The standard InChI is InChI=1S/C19H27N3O8S/c1-4-7-20-19(25)21-16(23)11-30-18(24)17(12(2)3)22-31(26,27)13-5-6-14-15(10-13)29-9-8-28-14/h5-6,10,12,17,22H,4,7-9,11H2,1-3H3,(H2,20,21,23,25). The molecule has 1 atom stereocenters. The Bertz CT molecular complexity index is 917. The van der Waals surface area contributed by atoms with E-state index in [0.717, 1.165) is 0 Å². The number of benzene rings is 1. The van der Waals surface area contributed by atoms with Gasteiger partial charge < -0.3 is 19.5 Å². The minimum Gasteiger partial charge on any atom is -0.486 e. The number of carbonyl (C=O) groups excluding carboxylic acids is 3. The van der Waals surface area contributed by atoms with Crippen LogP contribution in [0.1, 0.15) is 27.2 Å². The fraction of sp³-hybridized carbons (Fsp3) is 0.526. The van der Waals surface area contributed by atoms with Crippen molar-refractivity contribution in [1.29, 1.82) is 0 Å². The van der Waals surface area contributed by atoms with Crippen LogP contribution < -0.4 is 24.8 Å². The Morgan fingerprint density at radius 2 is 1.81 bits per heavy atom. The zero-order valence-corrected chi connectivity index (χ0v) is 18.4. The molecule has 0 aromatic heterocycles. The average molecular weight is 458 g/mol. The van der Waals surface area contributed by atoms with E-state index in [2.05, 4.69) is 10.0 Å². The first-order valence-electron chi connectivity index (χ1n) is 9.80. The van der Waals surface area contributed by atoms with Crippen molar-refractivity contribution < 1.29 is 37.0 Å². The van der Waals surface area contributed by atoms with Crippen molar-refractivity contribution in [3.8, 4) is 11.5 Å². The number of hydrogen-bond donors (Lipinski definition) is 3. The molecule has 172 valence electrons. The highest BCUT2D eigenvalue weighted by molar-refractivity contribution is 7.89. The first-order chi connectivity index (χ1) is 14.6. The molecule has 0 fully saturated rings. The van der Waals surface area contributed by atoms with Crippen molar-refractivity contribution in [2.45, 2.75) is 38.1 Å². The summed E-state index contributed by atoms with van der Waals surface area (Å²) in [4.78, 5) is 35.5. The first-order valence-corrected chi connectivity index (χ1v) is 11.3. The van der Waals surface area contributed by atoms with E-state index in [0.29, 0.717) is 31.9 Å². The average Bonchev–Trinajstić information content (AvgIpc) is 2.73. The molecule has 1 heterocycles. The topological polar surface area (TPSA) is 149 Å². The summed E-state index contributed by atoms with van der Waals surface area (Å²) in [6.07, 6.45) is 0.691. The van der Waals surface area contributed by atoms with Gasteiger partial charge in [-0.05, 0) is 24.5 Å². The van der Waals surface area contributed by atoms with Gasteiger partial charge in [0.1, 0.15) is 19.3 Å². The highest BCUT2D eigenvalue weighted by Crippen LogP contribution is 2.32. The molecule has 0 bridgehead atoms. The second kappa shape index (κ2) is 11.0. The number of sulfonamides is 1. The van der Waals surface area contributed by atoms with Gasteiger partial charge in [0.15, 0.2) is 18.1 Å². The van der Waals surface area contributed by atoms with Crippen molar-refractivity contribution >= 4 is 27.9 Å². The Kier molecular flexibility index (Phi) is 8.63. The lowest BCUT2D eigenvalue weighted by atomic mass is 10.1. The second-order valence-electron chi connectivity index (χ2n) is 7.06. The molecule has 12 heteroatoms. The molecule has 11 nitrogen and oxygen atoms in total. The molecule has 3 N–H and O–H groups in total. The molecule has 1 aromatic carbocycles. The molecule has 2 rings (SSSR count). The summed E-state index contributed by atoms with van der Waals surface area (Å²) >= 11 is 0. The van der Waals surface area contributed by atoms with Gasteiger partial charge in [-0.2, -0.15) is 4.72 Å². The first kappa shape index (κ1) is 24.4. The third kappa shape index (κ3) is 7.10. The summed E-state index contributed by atoms with van der Waals surface area (Å²) in [6.45, 7) is 5.41. The number of esters is 1. The molecule has 0 saturated heterocycles.